The van der Waals surface area contributed by atoms with Gasteiger partial charge in [-0.2, -0.15) is 0 Å². The Morgan fingerprint density at radius 3 is 2.16 bits per heavy atom. The standard InChI is InChI=1S/C25H36N2O3.2ClH/c1-29-23-6-3-2-5-22(23)27-10-8-26(9-11-27)7-4-12-30-24(28)25-16-19-13-20(17-25)15-21(14-19)18-25;;/h2-3,5-6,19-21H,4,7-18H2,1H3;2*1H. The van der Waals surface area contributed by atoms with Gasteiger partial charge in [-0.3, -0.25) is 9.69 Å². The second kappa shape index (κ2) is 10.8. The lowest BCUT2D eigenvalue weighted by atomic mass is 9.49. The number of benzene rings is 1. The zero-order valence-electron chi connectivity index (χ0n) is 19.2. The second-order valence-electron chi connectivity index (χ2n) is 10.2. The molecule has 0 atom stereocenters. The molecule has 7 heteroatoms. The molecule has 0 aromatic heterocycles. The first-order chi connectivity index (χ1) is 14.6. The molecule has 4 saturated carbocycles. The van der Waals surface area contributed by atoms with E-state index >= 15 is 0 Å². The Balaban J connectivity index is 0.00000144. The monoisotopic (exact) mass is 484 g/mol. The number of methoxy groups -OCH3 is 1. The van der Waals surface area contributed by atoms with Gasteiger partial charge >= 0.3 is 5.97 Å². The summed E-state index contributed by atoms with van der Waals surface area (Å²) in [6.07, 6.45) is 8.34. The average Bonchev–Trinajstić information content (AvgIpc) is 2.76. The predicted molar refractivity (Wildman–Crippen MR) is 132 cm³/mol. The molecule has 5 fully saturated rings. The molecule has 1 aromatic carbocycles. The Hall–Kier alpha value is -1.17. The van der Waals surface area contributed by atoms with Gasteiger partial charge in [0, 0.05) is 32.7 Å². The van der Waals surface area contributed by atoms with Crippen molar-refractivity contribution in [1.29, 1.82) is 0 Å². The number of carbonyl (C=O) groups excluding carboxylic acids is 1. The molecule has 1 saturated heterocycles. The summed E-state index contributed by atoms with van der Waals surface area (Å²) in [6.45, 7) is 5.68. The van der Waals surface area contributed by atoms with Gasteiger partial charge in [-0.25, -0.2) is 0 Å². The quantitative estimate of drug-likeness (QED) is 0.410. The maximum atomic E-state index is 13.0. The number of para-hydroxylation sites is 2. The van der Waals surface area contributed by atoms with Crippen LogP contribution in [0, 0.1) is 23.2 Å². The number of piperazine rings is 1. The molecule has 0 unspecified atom stereocenters. The number of esters is 1. The Labute approximate surface area is 205 Å². The fraction of sp³-hybridized carbons (Fsp3) is 0.720. The number of ether oxygens (including phenoxy) is 2. The van der Waals surface area contributed by atoms with Crippen LogP contribution in [0.25, 0.3) is 0 Å². The lowest BCUT2D eigenvalue weighted by Gasteiger charge is -2.55. The molecule has 5 nitrogen and oxygen atoms in total. The first-order valence-corrected chi connectivity index (χ1v) is 11.9. The van der Waals surface area contributed by atoms with Gasteiger partial charge in [0.2, 0.25) is 0 Å². The van der Waals surface area contributed by atoms with E-state index in [1.165, 1.54) is 24.9 Å². The summed E-state index contributed by atoms with van der Waals surface area (Å²) in [6, 6.07) is 8.25. The van der Waals surface area contributed by atoms with E-state index in [0.717, 1.165) is 81.9 Å². The Bertz CT molecular complexity index is 732. The van der Waals surface area contributed by atoms with Gasteiger partial charge in [0.1, 0.15) is 5.75 Å². The molecule has 0 N–H and O–H groups in total. The maximum absolute atomic E-state index is 13.0. The maximum Gasteiger partial charge on any atom is 0.312 e. The van der Waals surface area contributed by atoms with E-state index in [1.54, 1.807) is 7.11 Å². The van der Waals surface area contributed by atoms with Crippen LogP contribution >= 0.6 is 24.8 Å². The smallest absolute Gasteiger partial charge is 0.312 e. The zero-order valence-corrected chi connectivity index (χ0v) is 20.8. The molecule has 1 aromatic rings. The van der Waals surface area contributed by atoms with Crippen molar-refractivity contribution < 1.29 is 14.3 Å². The van der Waals surface area contributed by atoms with Gasteiger partial charge in [0.05, 0.1) is 24.8 Å². The first-order valence-electron chi connectivity index (χ1n) is 11.9. The summed E-state index contributed by atoms with van der Waals surface area (Å²) in [7, 11) is 1.74. The number of hydrogen-bond acceptors (Lipinski definition) is 5. The largest absolute Gasteiger partial charge is 0.495 e. The van der Waals surface area contributed by atoms with E-state index in [-0.39, 0.29) is 36.2 Å². The van der Waals surface area contributed by atoms with Crippen molar-refractivity contribution in [3.05, 3.63) is 24.3 Å². The van der Waals surface area contributed by atoms with Crippen LogP contribution < -0.4 is 9.64 Å². The summed E-state index contributed by atoms with van der Waals surface area (Å²) >= 11 is 0. The van der Waals surface area contributed by atoms with Crippen LogP contribution in [-0.4, -0.2) is 57.3 Å². The Kier molecular flexibility index (Phi) is 8.62. The van der Waals surface area contributed by atoms with E-state index in [9.17, 15) is 4.79 Å². The summed E-state index contributed by atoms with van der Waals surface area (Å²) in [4.78, 5) is 17.8. The number of carbonyl (C=O) groups is 1. The van der Waals surface area contributed by atoms with Gasteiger partial charge in [-0.1, -0.05) is 12.1 Å². The SMILES string of the molecule is COc1ccccc1N1CCN(CCCOC(=O)C23CC4CC(CC(C4)C2)C3)CC1.Cl.Cl. The summed E-state index contributed by atoms with van der Waals surface area (Å²) in [5.41, 5.74) is 1.07. The number of halogens is 2. The van der Waals surface area contributed by atoms with E-state index in [2.05, 4.69) is 21.9 Å². The highest BCUT2D eigenvalue weighted by Crippen LogP contribution is 2.60. The molecule has 180 valence electrons. The molecule has 0 amide bonds. The molecular formula is C25H38Cl2N2O3. The molecule has 32 heavy (non-hydrogen) atoms. The third kappa shape index (κ3) is 5.15. The van der Waals surface area contributed by atoms with Crippen molar-refractivity contribution in [2.24, 2.45) is 23.2 Å². The highest BCUT2D eigenvalue weighted by Gasteiger charge is 2.55. The van der Waals surface area contributed by atoms with Crippen LogP contribution in [0.2, 0.25) is 0 Å². The Morgan fingerprint density at radius 2 is 1.56 bits per heavy atom. The summed E-state index contributed by atoms with van der Waals surface area (Å²) in [5, 5.41) is 0. The van der Waals surface area contributed by atoms with E-state index in [1.807, 2.05) is 12.1 Å². The first kappa shape index (κ1) is 25.5. The summed E-state index contributed by atoms with van der Waals surface area (Å²) < 4.78 is 11.4. The minimum absolute atomic E-state index is 0. The minimum atomic E-state index is -0.116. The molecular weight excluding hydrogens is 447 g/mol. The predicted octanol–water partition coefficient (Wildman–Crippen LogP) is 4.81. The fourth-order valence-electron chi connectivity index (χ4n) is 7.07. The van der Waals surface area contributed by atoms with Crippen LogP contribution in [0.1, 0.15) is 44.9 Å². The number of rotatable bonds is 7. The second-order valence-corrected chi connectivity index (χ2v) is 10.2. The van der Waals surface area contributed by atoms with Gasteiger partial charge < -0.3 is 14.4 Å². The molecule has 6 rings (SSSR count). The molecule has 0 spiro atoms. The van der Waals surface area contributed by atoms with E-state index in [4.69, 9.17) is 9.47 Å². The topological polar surface area (TPSA) is 42.0 Å². The van der Waals surface area contributed by atoms with Crippen molar-refractivity contribution in [3.63, 3.8) is 0 Å². The lowest BCUT2D eigenvalue weighted by Crippen LogP contribution is -2.50. The number of hydrogen-bond donors (Lipinski definition) is 0. The fourth-order valence-corrected chi connectivity index (χ4v) is 7.07. The third-order valence-electron chi connectivity index (χ3n) is 8.12. The van der Waals surface area contributed by atoms with E-state index in [0.29, 0.717) is 6.61 Å². The number of anilines is 1. The molecule has 4 bridgehead atoms. The van der Waals surface area contributed by atoms with Gasteiger partial charge in [-0.15, -0.1) is 24.8 Å². The Morgan fingerprint density at radius 1 is 0.969 bits per heavy atom. The van der Waals surface area contributed by atoms with Gasteiger partial charge in [0.15, 0.2) is 0 Å². The van der Waals surface area contributed by atoms with Crippen molar-refractivity contribution in [1.82, 2.24) is 4.90 Å². The third-order valence-corrected chi connectivity index (χ3v) is 8.12. The lowest BCUT2D eigenvalue weighted by molar-refractivity contribution is -0.171. The van der Waals surface area contributed by atoms with Crippen molar-refractivity contribution in [3.8, 4) is 5.75 Å². The van der Waals surface area contributed by atoms with Crippen LogP contribution in [0.3, 0.4) is 0 Å². The van der Waals surface area contributed by atoms with Crippen molar-refractivity contribution in [2.75, 3.05) is 51.3 Å². The van der Waals surface area contributed by atoms with Gasteiger partial charge in [0.25, 0.3) is 0 Å². The van der Waals surface area contributed by atoms with Crippen LogP contribution in [-0.2, 0) is 9.53 Å². The van der Waals surface area contributed by atoms with Crippen LogP contribution in [0.4, 0.5) is 5.69 Å². The van der Waals surface area contributed by atoms with Crippen molar-refractivity contribution >= 4 is 36.5 Å². The van der Waals surface area contributed by atoms with Gasteiger partial charge in [-0.05, 0) is 74.8 Å². The average molecular weight is 485 g/mol. The molecule has 1 aliphatic heterocycles. The molecule has 1 heterocycles. The highest BCUT2D eigenvalue weighted by atomic mass is 35.5. The van der Waals surface area contributed by atoms with Crippen LogP contribution in [0.15, 0.2) is 24.3 Å². The van der Waals surface area contributed by atoms with Crippen LogP contribution in [0.5, 0.6) is 5.75 Å². The molecule has 0 radical (unpaired) electrons. The van der Waals surface area contributed by atoms with Crippen molar-refractivity contribution in [2.45, 2.75) is 44.9 Å². The van der Waals surface area contributed by atoms with E-state index < -0.39 is 0 Å². The summed E-state index contributed by atoms with van der Waals surface area (Å²) in [5.74, 6) is 3.46. The normalized spacial score (nSPS) is 30.9. The molecule has 4 aliphatic carbocycles. The number of nitrogens with zero attached hydrogens (tertiary/aromatic N) is 2. The zero-order chi connectivity index (χ0) is 20.6. The minimum Gasteiger partial charge on any atom is -0.495 e. The highest BCUT2D eigenvalue weighted by molar-refractivity contribution is 5.85. The molecule has 5 aliphatic rings.